The van der Waals surface area contributed by atoms with Crippen molar-refractivity contribution >= 4 is 23.2 Å². The molecule has 102 valence electrons. The highest BCUT2D eigenvalue weighted by Gasteiger charge is 2.41. The van der Waals surface area contributed by atoms with Gasteiger partial charge in [-0.2, -0.15) is 0 Å². The molecule has 1 fully saturated rings. The average molecular weight is 280 g/mol. The maximum atomic E-state index is 12.1. The van der Waals surface area contributed by atoms with Crippen LogP contribution in [0.25, 0.3) is 0 Å². The van der Waals surface area contributed by atoms with Crippen molar-refractivity contribution in [2.45, 2.75) is 43.5 Å². The van der Waals surface area contributed by atoms with E-state index in [4.69, 9.17) is 16.3 Å². The molecule has 1 aromatic rings. The summed E-state index contributed by atoms with van der Waals surface area (Å²) in [4.78, 5) is 13.8. The lowest BCUT2D eigenvalue weighted by Gasteiger charge is -2.26. The summed E-state index contributed by atoms with van der Waals surface area (Å²) in [6, 6.07) is 6.15. The molecule has 0 aromatic heterocycles. The van der Waals surface area contributed by atoms with Crippen molar-refractivity contribution in [2.75, 3.05) is 12.0 Å². The zero-order valence-electron chi connectivity index (χ0n) is 11.3. The van der Waals surface area contributed by atoms with E-state index in [1.54, 1.807) is 7.11 Å². The van der Waals surface area contributed by atoms with Crippen LogP contribution in [0, 0.1) is 0 Å². The number of benzene rings is 1. The highest BCUT2D eigenvalue weighted by atomic mass is 35.5. The van der Waals surface area contributed by atoms with E-state index in [1.165, 1.54) is 0 Å². The van der Waals surface area contributed by atoms with Gasteiger partial charge in [0.25, 0.3) is 0 Å². The van der Waals surface area contributed by atoms with Crippen molar-refractivity contribution in [3.63, 3.8) is 0 Å². The number of carbonyl (C=O) groups excluding carboxylic acids is 1. The monoisotopic (exact) mass is 279 g/mol. The summed E-state index contributed by atoms with van der Waals surface area (Å²) in [5.41, 5.74) is 2.12. The molecule has 0 bridgehead atoms. The fraction of sp³-hybridized carbons (Fsp3) is 0.533. The molecule has 4 heteroatoms. The summed E-state index contributed by atoms with van der Waals surface area (Å²) in [5.74, 6) is 1.03. The first-order chi connectivity index (χ1) is 9.00. The van der Waals surface area contributed by atoms with Crippen LogP contribution in [0.15, 0.2) is 18.2 Å². The van der Waals surface area contributed by atoms with E-state index < -0.39 is 0 Å². The largest absolute Gasteiger partial charge is 0.497 e. The predicted octanol–water partition coefficient (Wildman–Crippen LogP) is 3.13. The molecule has 3 rings (SSSR count). The zero-order chi connectivity index (χ0) is 13.6. The minimum atomic E-state index is -0.300. The lowest BCUT2D eigenvalue weighted by molar-refractivity contribution is -0.117. The van der Waals surface area contributed by atoms with Gasteiger partial charge in [0.2, 0.25) is 5.91 Å². The first kappa shape index (κ1) is 12.8. The van der Waals surface area contributed by atoms with Crippen molar-refractivity contribution in [2.24, 2.45) is 0 Å². The first-order valence-corrected chi connectivity index (χ1v) is 7.06. The third-order valence-corrected chi connectivity index (χ3v) is 4.38. The van der Waals surface area contributed by atoms with E-state index >= 15 is 0 Å². The molecule has 0 aliphatic carbocycles. The fourth-order valence-electron chi connectivity index (χ4n) is 3.29. The number of fused-ring (bicyclic) bond motifs is 3. The smallest absolute Gasteiger partial charge is 0.227 e. The van der Waals surface area contributed by atoms with Crippen molar-refractivity contribution in [3.05, 3.63) is 23.8 Å². The number of nitrogens with zero attached hydrogens (tertiary/aromatic N) is 1. The van der Waals surface area contributed by atoms with Gasteiger partial charge in [-0.15, -0.1) is 11.6 Å². The van der Waals surface area contributed by atoms with Crippen LogP contribution in [0.4, 0.5) is 5.69 Å². The number of hydrogen-bond donors (Lipinski definition) is 0. The molecule has 1 amide bonds. The highest BCUT2D eigenvalue weighted by Crippen LogP contribution is 2.42. The molecule has 2 heterocycles. The minimum Gasteiger partial charge on any atom is -0.497 e. The van der Waals surface area contributed by atoms with Crippen LogP contribution >= 0.6 is 11.6 Å². The van der Waals surface area contributed by atoms with Crippen LogP contribution in [0.2, 0.25) is 0 Å². The van der Waals surface area contributed by atoms with E-state index in [0.29, 0.717) is 6.42 Å². The second-order valence-electron chi connectivity index (χ2n) is 5.75. The van der Waals surface area contributed by atoms with Gasteiger partial charge < -0.3 is 9.64 Å². The number of methoxy groups -OCH3 is 1. The highest BCUT2D eigenvalue weighted by molar-refractivity contribution is 6.24. The maximum Gasteiger partial charge on any atom is 0.227 e. The minimum absolute atomic E-state index is 0.214. The Labute approximate surface area is 118 Å². The van der Waals surface area contributed by atoms with E-state index in [-0.39, 0.29) is 16.8 Å². The number of rotatable bonds is 1. The second-order valence-corrected chi connectivity index (χ2v) is 6.66. The Balaban J connectivity index is 2.11. The van der Waals surface area contributed by atoms with Gasteiger partial charge in [-0.3, -0.25) is 4.79 Å². The van der Waals surface area contributed by atoms with Crippen molar-refractivity contribution in [1.82, 2.24) is 0 Å². The van der Waals surface area contributed by atoms with Crippen molar-refractivity contribution in [3.8, 4) is 5.75 Å². The number of ether oxygens (including phenoxy) is 1. The van der Waals surface area contributed by atoms with E-state index in [2.05, 4.69) is 6.92 Å². The van der Waals surface area contributed by atoms with Crippen molar-refractivity contribution in [1.29, 1.82) is 0 Å². The molecule has 0 unspecified atom stereocenters. The summed E-state index contributed by atoms with van der Waals surface area (Å²) in [7, 11) is 1.65. The Morgan fingerprint density at radius 2 is 2.26 bits per heavy atom. The van der Waals surface area contributed by atoms with E-state index in [1.807, 2.05) is 23.1 Å². The molecule has 2 aliphatic rings. The normalized spacial score (nSPS) is 29.7. The Morgan fingerprint density at radius 3 is 3.00 bits per heavy atom. The fourth-order valence-corrected chi connectivity index (χ4v) is 3.62. The van der Waals surface area contributed by atoms with Gasteiger partial charge in [-0.1, -0.05) is 0 Å². The van der Waals surface area contributed by atoms with Crippen LogP contribution in [-0.2, 0) is 11.2 Å². The Hall–Kier alpha value is -1.22. The Bertz CT molecular complexity index is 527. The summed E-state index contributed by atoms with van der Waals surface area (Å²) in [5, 5.41) is 0. The Morgan fingerprint density at radius 1 is 1.47 bits per heavy atom. The molecular weight excluding hydrogens is 262 g/mol. The summed E-state index contributed by atoms with van der Waals surface area (Å²) < 4.78 is 5.28. The second kappa shape index (κ2) is 4.41. The molecule has 0 radical (unpaired) electrons. The molecule has 19 heavy (non-hydrogen) atoms. The van der Waals surface area contributed by atoms with Crippen molar-refractivity contribution < 1.29 is 9.53 Å². The molecule has 0 saturated carbocycles. The topological polar surface area (TPSA) is 29.5 Å². The van der Waals surface area contributed by atoms with Gasteiger partial charge in [0, 0.05) is 23.0 Å². The van der Waals surface area contributed by atoms with Crippen LogP contribution < -0.4 is 9.64 Å². The van der Waals surface area contributed by atoms with Crippen LogP contribution in [-0.4, -0.2) is 23.9 Å². The van der Waals surface area contributed by atoms with Gasteiger partial charge >= 0.3 is 0 Å². The first-order valence-electron chi connectivity index (χ1n) is 6.68. The number of amides is 1. The van der Waals surface area contributed by atoms with Gasteiger partial charge in [-0.05, 0) is 49.9 Å². The lowest BCUT2D eigenvalue weighted by atomic mass is 9.94. The standard InChI is InChI=1S/C15H18ClNO2/c1-15(16)8-10-7-12(19-2)4-5-13(10)17-11(9-15)3-6-14(17)18/h4-5,7,11H,3,6,8-9H2,1-2H3/t11-,15+/m1/s1. The summed E-state index contributed by atoms with van der Waals surface area (Å²) >= 11 is 6.64. The predicted molar refractivity (Wildman–Crippen MR) is 76.1 cm³/mol. The third kappa shape index (κ3) is 2.20. The molecule has 1 saturated heterocycles. The van der Waals surface area contributed by atoms with E-state index in [9.17, 15) is 4.79 Å². The molecular formula is C15H18ClNO2. The zero-order valence-corrected chi connectivity index (χ0v) is 12.0. The number of carbonyl (C=O) groups is 1. The lowest BCUT2D eigenvalue weighted by Crippen LogP contribution is -2.35. The van der Waals surface area contributed by atoms with Crippen LogP contribution in [0.3, 0.4) is 0 Å². The van der Waals surface area contributed by atoms with Gasteiger partial charge in [-0.25, -0.2) is 0 Å². The van der Waals surface area contributed by atoms with Crippen LogP contribution in [0.5, 0.6) is 5.75 Å². The third-order valence-electron chi connectivity index (χ3n) is 4.09. The number of halogens is 1. The number of anilines is 1. The molecule has 0 spiro atoms. The van der Waals surface area contributed by atoms with Gasteiger partial charge in [0.05, 0.1) is 7.11 Å². The SMILES string of the molecule is COc1ccc2c(c1)C[C@](C)(Cl)C[C@H]1CCC(=O)N21. The molecule has 2 aliphatic heterocycles. The molecule has 0 N–H and O–H groups in total. The average Bonchev–Trinajstić information content (AvgIpc) is 2.64. The van der Waals surface area contributed by atoms with Gasteiger partial charge in [0.1, 0.15) is 5.75 Å². The Kier molecular flexibility index (Phi) is 2.97. The molecule has 3 nitrogen and oxygen atoms in total. The molecule has 1 aromatic carbocycles. The number of alkyl halides is 1. The summed E-state index contributed by atoms with van der Waals surface area (Å²) in [6.45, 7) is 2.06. The van der Waals surface area contributed by atoms with Crippen LogP contribution in [0.1, 0.15) is 31.7 Å². The summed E-state index contributed by atoms with van der Waals surface area (Å²) in [6.07, 6.45) is 3.15. The van der Waals surface area contributed by atoms with Gasteiger partial charge in [0.15, 0.2) is 0 Å². The maximum absolute atomic E-state index is 12.1. The van der Waals surface area contributed by atoms with E-state index in [0.717, 1.165) is 36.3 Å². The molecule has 2 atom stereocenters. The quantitative estimate of drug-likeness (QED) is 0.739. The number of hydrogen-bond acceptors (Lipinski definition) is 2.